The van der Waals surface area contributed by atoms with E-state index in [-0.39, 0.29) is 0 Å². The number of nitrogens with zero attached hydrogens (tertiary/aromatic N) is 1. The van der Waals surface area contributed by atoms with Crippen LogP contribution in [-0.4, -0.2) is 4.98 Å². The molecule has 18 heavy (non-hydrogen) atoms. The molecule has 5 heteroatoms. The first-order valence-corrected chi connectivity index (χ1v) is 7.66. The number of aromatic nitrogens is 1. The van der Waals surface area contributed by atoms with Gasteiger partial charge >= 0.3 is 0 Å². The van der Waals surface area contributed by atoms with Gasteiger partial charge in [-0.15, -0.1) is 22.7 Å². The van der Waals surface area contributed by atoms with Crippen LogP contribution in [0.5, 0.6) is 0 Å². The van der Waals surface area contributed by atoms with Crippen LogP contribution < -0.4 is 5.32 Å². The third kappa shape index (κ3) is 2.42. The van der Waals surface area contributed by atoms with Gasteiger partial charge in [0.15, 0.2) is 0 Å². The van der Waals surface area contributed by atoms with Crippen LogP contribution in [0.15, 0.2) is 36.0 Å². The molecular weight excluding hydrogens is 284 g/mol. The molecule has 0 spiro atoms. The molecule has 3 aromatic rings. The minimum atomic E-state index is 0.802. The maximum absolute atomic E-state index is 6.38. The van der Waals surface area contributed by atoms with Crippen molar-refractivity contribution in [2.45, 2.75) is 13.1 Å². The third-order valence-electron chi connectivity index (χ3n) is 2.67. The molecule has 1 aromatic carbocycles. The number of thiazole rings is 1. The zero-order chi connectivity index (χ0) is 12.4. The average Bonchev–Trinajstić information content (AvgIpc) is 3.00. The van der Waals surface area contributed by atoms with Crippen LogP contribution in [0.3, 0.4) is 0 Å². The summed E-state index contributed by atoms with van der Waals surface area (Å²) in [6.45, 7) is 1.64. The van der Waals surface area contributed by atoms with Gasteiger partial charge in [0.1, 0.15) is 0 Å². The van der Waals surface area contributed by atoms with E-state index in [9.17, 15) is 0 Å². The third-order valence-corrected chi connectivity index (χ3v) is 5.16. The molecule has 0 radical (unpaired) electrons. The molecule has 2 aromatic heterocycles. The van der Waals surface area contributed by atoms with E-state index in [2.05, 4.69) is 22.4 Å². The van der Waals surface area contributed by atoms with E-state index in [1.165, 1.54) is 14.5 Å². The van der Waals surface area contributed by atoms with E-state index < -0.39 is 0 Å². The molecule has 0 amide bonds. The average molecular weight is 295 g/mol. The van der Waals surface area contributed by atoms with Gasteiger partial charge in [-0.2, -0.15) is 0 Å². The topological polar surface area (TPSA) is 24.9 Å². The summed E-state index contributed by atoms with van der Waals surface area (Å²) in [5.74, 6) is 0. The van der Waals surface area contributed by atoms with Crippen molar-refractivity contribution >= 4 is 44.4 Å². The van der Waals surface area contributed by atoms with Gasteiger partial charge in [-0.05, 0) is 6.07 Å². The molecule has 2 nitrogen and oxygen atoms in total. The first kappa shape index (κ1) is 12.1. The second-order valence-corrected chi connectivity index (χ2v) is 6.39. The molecule has 0 aliphatic rings. The Bertz CT molecular complexity index is 646. The number of benzene rings is 1. The summed E-state index contributed by atoms with van der Waals surface area (Å²) in [6.07, 6.45) is 1.89. The Balaban J connectivity index is 1.73. The SMILES string of the molecule is Clc1c(CNCc2cncs2)sc2ccccc12. The molecule has 0 bridgehead atoms. The fraction of sp³-hybridized carbons (Fsp3) is 0.154. The minimum absolute atomic E-state index is 0.802. The van der Waals surface area contributed by atoms with Crippen LogP contribution in [0.1, 0.15) is 9.75 Å². The number of halogens is 1. The highest BCUT2D eigenvalue weighted by molar-refractivity contribution is 7.19. The number of fused-ring (bicyclic) bond motifs is 1. The van der Waals surface area contributed by atoms with E-state index in [1.54, 1.807) is 22.7 Å². The summed E-state index contributed by atoms with van der Waals surface area (Å²) in [7, 11) is 0. The van der Waals surface area contributed by atoms with Gasteiger partial charge in [-0.3, -0.25) is 4.98 Å². The van der Waals surface area contributed by atoms with E-state index in [0.29, 0.717) is 0 Å². The lowest BCUT2D eigenvalue weighted by Crippen LogP contribution is -2.10. The van der Waals surface area contributed by atoms with Crippen molar-refractivity contribution in [3.8, 4) is 0 Å². The van der Waals surface area contributed by atoms with Crippen LogP contribution in [0.2, 0.25) is 5.02 Å². The second-order valence-electron chi connectivity index (χ2n) is 3.91. The van der Waals surface area contributed by atoms with Gasteiger partial charge < -0.3 is 5.32 Å². The maximum Gasteiger partial charge on any atom is 0.0794 e. The smallest absolute Gasteiger partial charge is 0.0794 e. The normalized spacial score (nSPS) is 11.2. The molecule has 0 saturated heterocycles. The van der Waals surface area contributed by atoms with Gasteiger partial charge in [-0.1, -0.05) is 29.8 Å². The van der Waals surface area contributed by atoms with Crippen LogP contribution in [0.25, 0.3) is 10.1 Å². The Kier molecular flexibility index (Phi) is 3.61. The summed E-state index contributed by atoms with van der Waals surface area (Å²) in [4.78, 5) is 6.49. The van der Waals surface area contributed by atoms with Gasteiger partial charge in [0, 0.05) is 39.1 Å². The Morgan fingerprint density at radius 3 is 2.89 bits per heavy atom. The summed E-state index contributed by atoms with van der Waals surface area (Å²) < 4.78 is 1.25. The molecule has 0 aliphatic carbocycles. The van der Waals surface area contributed by atoms with E-state index in [1.807, 2.05) is 23.8 Å². The lowest BCUT2D eigenvalue weighted by molar-refractivity contribution is 0.708. The quantitative estimate of drug-likeness (QED) is 0.776. The minimum Gasteiger partial charge on any atom is -0.307 e. The molecule has 92 valence electrons. The predicted octanol–water partition coefficient (Wildman–Crippen LogP) is 4.30. The fourth-order valence-corrected chi connectivity index (χ4v) is 3.84. The lowest BCUT2D eigenvalue weighted by atomic mass is 10.2. The van der Waals surface area contributed by atoms with Crippen LogP contribution >= 0.6 is 34.3 Å². The molecule has 1 N–H and O–H groups in total. The van der Waals surface area contributed by atoms with Gasteiger partial charge in [0.25, 0.3) is 0 Å². The van der Waals surface area contributed by atoms with Crippen LogP contribution in [0, 0.1) is 0 Å². The number of thiophene rings is 1. The van der Waals surface area contributed by atoms with Crippen molar-refractivity contribution < 1.29 is 0 Å². The number of rotatable bonds is 4. The Morgan fingerprint density at radius 2 is 2.11 bits per heavy atom. The van der Waals surface area contributed by atoms with Gasteiger partial charge in [0.2, 0.25) is 0 Å². The highest BCUT2D eigenvalue weighted by Gasteiger charge is 2.09. The molecule has 2 heterocycles. The van der Waals surface area contributed by atoms with Crippen molar-refractivity contribution in [2.75, 3.05) is 0 Å². The predicted molar refractivity (Wildman–Crippen MR) is 79.5 cm³/mol. The number of nitrogens with one attached hydrogen (secondary N) is 1. The summed E-state index contributed by atoms with van der Waals surface area (Å²) in [6, 6.07) is 8.25. The fourth-order valence-electron chi connectivity index (χ4n) is 1.81. The Hall–Kier alpha value is -0.940. The summed E-state index contributed by atoms with van der Waals surface area (Å²) >= 11 is 9.80. The highest BCUT2D eigenvalue weighted by Crippen LogP contribution is 2.34. The molecule has 0 unspecified atom stereocenters. The monoisotopic (exact) mass is 294 g/mol. The van der Waals surface area contributed by atoms with E-state index in [0.717, 1.165) is 23.5 Å². The molecule has 0 fully saturated rings. The second kappa shape index (κ2) is 5.36. The first-order valence-electron chi connectivity index (χ1n) is 5.58. The summed E-state index contributed by atoms with van der Waals surface area (Å²) in [5, 5.41) is 5.44. The highest BCUT2D eigenvalue weighted by atomic mass is 35.5. The largest absolute Gasteiger partial charge is 0.307 e. The van der Waals surface area contributed by atoms with Crippen molar-refractivity contribution in [2.24, 2.45) is 0 Å². The molecule has 3 rings (SSSR count). The summed E-state index contributed by atoms with van der Waals surface area (Å²) in [5.41, 5.74) is 1.85. The van der Waals surface area contributed by atoms with Crippen LogP contribution in [-0.2, 0) is 13.1 Å². The molecular formula is C13H11ClN2S2. The maximum atomic E-state index is 6.38. The number of hydrogen-bond acceptors (Lipinski definition) is 4. The Morgan fingerprint density at radius 1 is 1.22 bits per heavy atom. The zero-order valence-electron chi connectivity index (χ0n) is 9.52. The molecule has 0 atom stereocenters. The van der Waals surface area contributed by atoms with Gasteiger partial charge in [0.05, 0.1) is 10.5 Å². The first-order chi connectivity index (χ1) is 8.84. The van der Waals surface area contributed by atoms with Gasteiger partial charge in [-0.25, -0.2) is 0 Å². The lowest BCUT2D eigenvalue weighted by Gasteiger charge is -2.00. The van der Waals surface area contributed by atoms with E-state index in [4.69, 9.17) is 11.6 Å². The Labute approximate surface area is 118 Å². The molecule has 0 aliphatic heterocycles. The number of hydrogen-bond donors (Lipinski definition) is 1. The van der Waals surface area contributed by atoms with Crippen molar-refractivity contribution in [1.29, 1.82) is 0 Å². The van der Waals surface area contributed by atoms with Crippen LogP contribution in [0.4, 0.5) is 0 Å². The van der Waals surface area contributed by atoms with Crippen molar-refractivity contribution in [1.82, 2.24) is 10.3 Å². The molecule has 0 saturated carbocycles. The van der Waals surface area contributed by atoms with E-state index >= 15 is 0 Å². The zero-order valence-corrected chi connectivity index (χ0v) is 11.9. The van der Waals surface area contributed by atoms with Crippen molar-refractivity contribution in [3.63, 3.8) is 0 Å². The standard InChI is InChI=1S/C13H11ClN2S2/c14-13-10-3-1-2-4-11(10)18-12(13)7-15-5-9-6-16-8-17-9/h1-4,6,8,15H,5,7H2. The van der Waals surface area contributed by atoms with Crippen molar-refractivity contribution in [3.05, 3.63) is 50.7 Å².